The molecule has 3 rings (SSSR count). The van der Waals surface area contributed by atoms with Gasteiger partial charge in [-0.2, -0.15) is 5.10 Å². The molecule has 0 amide bonds. The van der Waals surface area contributed by atoms with E-state index in [2.05, 4.69) is 20.4 Å². The third kappa shape index (κ3) is 2.93. The molecule has 0 radical (unpaired) electrons. The number of aryl methyl sites for hydroxylation is 1. The summed E-state index contributed by atoms with van der Waals surface area (Å²) in [5, 5.41) is 8.00. The van der Waals surface area contributed by atoms with E-state index in [-0.39, 0.29) is 5.28 Å². The molecule has 6 heteroatoms. The van der Waals surface area contributed by atoms with Crippen LogP contribution in [-0.4, -0.2) is 25.8 Å². The van der Waals surface area contributed by atoms with Crippen molar-refractivity contribution in [1.29, 1.82) is 0 Å². The predicted octanol–water partition coefficient (Wildman–Crippen LogP) is 3.28. The minimum Gasteiger partial charge on any atom is -0.367 e. The summed E-state index contributed by atoms with van der Waals surface area (Å²) >= 11 is 5.94. The summed E-state index contributed by atoms with van der Waals surface area (Å²) in [4.78, 5) is 8.45. The normalized spacial score (nSPS) is 16.3. The topological polar surface area (TPSA) is 55.6 Å². The fraction of sp³-hybridized carbons (Fsp3) is 0.500. The van der Waals surface area contributed by atoms with Crippen LogP contribution in [0.3, 0.4) is 0 Å². The van der Waals surface area contributed by atoms with Crippen LogP contribution in [0.15, 0.2) is 18.6 Å². The second-order valence-electron chi connectivity index (χ2n) is 5.28. The maximum atomic E-state index is 5.94. The highest BCUT2D eigenvalue weighted by atomic mass is 35.5. The van der Waals surface area contributed by atoms with Gasteiger partial charge in [-0.1, -0.05) is 19.3 Å². The Hall–Kier alpha value is -1.62. The van der Waals surface area contributed by atoms with Crippen molar-refractivity contribution in [2.75, 3.05) is 5.32 Å². The van der Waals surface area contributed by atoms with Gasteiger partial charge < -0.3 is 5.32 Å². The summed E-state index contributed by atoms with van der Waals surface area (Å²) in [5.74, 6) is 0.810. The molecule has 0 unspecified atom stereocenters. The molecule has 1 N–H and O–H groups in total. The Labute approximate surface area is 123 Å². The third-order valence-electron chi connectivity index (χ3n) is 3.72. The smallest absolute Gasteiger partial charge is 0.224 e. The first-order valence-corrected chi connectivity index (χ1v) is 7.38. The molecule has 2 aromatic rings. The number of nitrogens with one attached hydrogen (secondary N) is 1. The Balaban J connectivity index is 1.89. The van der Waals surface area contributed by atoms with Gasteiger partial charge in [-0.3, -0.25) is 4.68 Å². The molecule has 0 bridgehead atoms. The van der Waals surface area contributed by atoms with E-state index in [1.807, 2.05) is 19.4 Å². The molecule has 1 aliphatic carbocycles. The van der Waals surface area contributed by atoms with Crippen LogP contribution in [0.2, 0.25) is 5.28 Å². The maximum absolute atomic E-state index is 5.94. The molecular weight excluding hydrogens is 274 g/mol. The molecule has 106 valence electrons. The molecule has 0 spiro atoms. The SMILES string of the molecule is Cn1cc(-c2cnc(Cl)nc2NC2CCCCC2)cn1. The van der Waals surface area contributed by atoms with Crippen LogP contribution in [0.4, 0.5) is 5.82 Å². The second kappa shape index (κ2) is 5.79. The Morgan fingerprint density at radius 2 is 2.05 bits per heavy atom. The van der Waals surface area contributed by atoms with Crippen molar-refractivity contribution >= 4 is 17.4 Å². The van der Waals surface area contributed by atoms with E-state index in [0.717, 1.165) is 16.9 Å². The molecule has 2 heterocycles. The van der Waals surface area contributed by atoms with Gasteiger partial charge in [0.1, 0.15) is 5.82 Å². The molecule has 5 nitrogen and oxygen atoms in total. The zero-order valence-electron chi connectivity index (χ0n) is 11.5. The summed E-state index contributed by atoms with van der Waals surface area (Å²) in [7, 11) is 1.90. The van der Waals surface area contributed by atoms with Crippen LogP contribution in [0.5, 0.6) is 0 Å². The van der Waals surface area contributed by atoms with Crippen molar-refractivity contribution in [3.8, 4) is 11.1 Å². The average Bonchev–Trinajstić information content (AvgIpc) is 2.86. The van der Waals surface area contributed by atoms with E-state index < -0.39 is 0 Å². The Kier molecular flexibility index (Phi) is 3.87. The largest absolute Gasteiger partial charge is 0.367 e. The lowest BCUT2D eigenvalue weighted by Crippen LogP contribution is -2.23. The van der Waals surface area contributed by atoms with Gasteiger partial charge in [-0.05, 0) is 24.4 Å². The number of halogens is 1. The fourth-order valence-corrected chi connectivity index (χ4v) is 2.82. The molecule has 0 aromatic carbocycles. The lowest BCUT2D eigenvalue weighted by atomic mass is 9.95. The quantitative estimate of drug-likeness (QED) is 0.882. The zero-order chi connectivity index (χ0) is 13.9. The van der Waals surface area contributed by atoms with Crippen molar-refractivity contribution in [2.24, 2.45) is 7.05 Å². The van der Waals surface area contributed by atoms with Gasteiger partial charge in [0.05, 0.1) is 6.20 Å². The van der Waals surface area contributed by atoms with Gasteiger partial charge in [0.25, 0.3) is 0 Å². The van der Waals surface area contributed by atoms with Gasteiger partial charge in [0.15, 0.2) is 0 Å². The zero-order valence-corrected chi connectivity index (χ0v) is 12.3. The van der Waals surface area contributed by atoms with Crippen molar-refractivity contribution in [3.05, 3.63) is 23.9 Å². The lowest BCUT2D eigenvalue weighted by molar-refractivity contribution is 0.462. The van der Waals surface area contributed by atoms with Crippen molar-refractivity contribution in [2.45, 2.75) is 38.1 Å². The van der Waals surface area contributed by atoms with Crippen molar-refractivity contribution < 1.29 is 0 Å². The van der Waals surface area contributed by atoms with E-state index in [1.54, 1.807) is 10.9 Å². The second-order valence-corrected chi connectivity index (χ2v) is 5.62. The van der Waals surface area contributed by atoms with Crippen LogP contribution < -0.4 is 5.32 Å². The third-order valence-corrected chi connectivity index (χ3v) is 3.90. The highest BCUT2D eigenvalue weighted by molar-refractivity contribution is 6.28. The first-order chi connectivity index (χ1) is 9.72. The van der Waals surface area contributed by atoms with Crippen LogP contribution in [0.25, 0.3) is 11.1 Å². The monoisotopic (exact) mass is 291 g/mol. The number of rotatable bonds is 3. The highest BCUT2D eigenvalue weighted by Gasteiger charge is 2.17. The first-order valence-electron chi connectivity index (χ1n) is 7.00. The first kappa shape index (κ1) is 13.4. The minimum atomic E-state index is 0.274. The number of nitrogens with zero attached hydrogens (tertiary/aromatic N) is 4. The molecule has 2 aromatic heterocycles. The van der Waals surface area contributed by atoms with Gasteiger partial charge in [0.2, 0.25) is 5.28 Å². The fourth-order valence-electron chi connectivity index (χ4n) is 2.68. The van der Waals surface area contributed by atoms with Crippen LogP contribution in [-0.2, 0) is 7.05 Å². The van der Waals surface area contributed by atoms with Crippen LogP contribution >= 0.6 is 11.6 Å². The number of anilines is 1. The maximum Gasteiger partial charge on any atom is 0.224 e. The molecule has 0 saturated heterocycles. The van der Waals surface area contributed by atoms with E-state index in [0.29, 0.717) is 6.04 Å². The summed E-state index contributed by atoms with van der Waals surface area (Å²) in [5.41, 5.74) is 1.95. The molecular formula is C14H18ClN5. The van der Waals surface area contributed by atoms with Crippen molar-refractivity contribution in [3.63, 3.8) is 0 Å². The molecule has 1 aliphatic rings. The van der Waals surface area contributed by atoms with Gasteiger partial charge >= 0.3 is 0 Å². The molecule has 1 fully saturated rings. The van der Waals surface area contributed by atoms with Crippen molar-refractivity contribution in [1.82, 2.24) is 19.7 Å². The lowest BCUT2D eigenvalue weighted by Gasteiger charge is -2.24. The number of hydrogen-bond donors (Lipinski definition) is 1. The Morgan fingerprint density at radius 3 is 2.75 bits per heavy atom. The summed E-state index contributed by atoms with van der Waals surface area (Å²) in [6.07, 6.45) is 11.8. The summed E-state index contributed by atoms with van der Waals surface area (Å²) in [6, 6.07) is 0.477. The van der Waals surface area contributed by atoms with E-state index in [1.165, 1.54) is 32.1 Å². The van der Waals surface area contributed by atoms with Crippen LogP contribution in [0.1, 0.15) is 32.1 Å². The van der Waals surface area contributed by atoms with E-state index >= 15 is 0 Å². The van der Waals surface area contributed by atoms with Gasteiger partial charge in [-0.15, -0.1) is 0 Å². The molecule has 0 aliphatic heterocycles. The molecule has 20 heavy (non-hydrogen) atoms. The van der Waals surface area contributed by atoms with Gasteiger partial charge in [0, 0.05) is 36.6 Å². The molecule has 1 saturated carbocycles. The van der Waals surface area contributed by atoms with Gasteiger partial charge in [-0.25, -0.2) is 9.97 Å². The van der Waals surface area contributed by atoms with E-state index in [9.17, 15) is 0 Å². The standard InChI is InChI=1S/C14H18ClN5/c1-20-9-10(7-17-20)12-8-16-14(15)19-13(12)18-11-5-3-2-4-6-11/h7-9,11H,2-6H2,1H3,(H,16,18,19). The molecule has 0 atom stereocenters. The summed E-state index contributed by atoms with van der Waals surface area (Å²) < 4.78 is 1.77. The summed E-state index contributed by atoms with van der Waals surface area (Å²) in [6.45, 7) is 0. The number of aromatic nitrogens is 4. The predicted molar refractivity (Wildman–Crippen MR) is 79.7 cm³/mol. The average molecular weight is 292 g/mol. The highest BCUT2D eigenvalue weighted by Crippen LogP contribution is 2.29. The van der Waals surface area contributed by atoms with E-state index in [4.69, 9.17) is 11.6 Å². The number of hydrogen-bond acceptors (Lipinski definition) is 4. The minimum absolute atomic E-state index is 0.274. The Bertz CT molecular complexity index is 589. The Morgan fingerprint density at radius 1 is 1.25 bits per heavy atom. The van der Waals surface area contributed by atoms with Crippen LogP contribution in [0, 0.1) is 0 Å².